The van der Waals surface area contributed by atoms with Crippen LogP contribution < -0.4 is 0 Å². The van der Waals surface area contributed by atoms with E-state index < -0.39 is 0 Å². The Morgan fingerprint density at radius 3 is 2.22 bits per heavy atom. The number of benzene rings is 2. The molecule has 0 bridgehead atoms. The molecule has 1 saturated carbocycles. The van der Waals surface area contributed by atoms with E-state index in [0.717, 1.165) is 5.56 Å². The smallest absolute Gasteiger partial charge is 0.119 e. The Morgan fingerprint density at radius 2 is 1.57 bits per heavy atom. The minimum Gasteiger partial charge on any atom is -0.508 e. The molecular weight excluding hydrogens is 280 g/mol. The number of hydrogen-bond acceptors (Lipinski definition) is 1. The Kier molecular flexibility index (Phi) is 4.56. The maximum absolute atomic E-state index is 10.4. The van der Waals surface area contributed by atoms with Gasteiger partial charge in [0.1, 0.15) is 5.75 Å². The molecule has 1 aliphatic rings. The zero-order valence-corrected chi connectivity index (χ0v) is 14.2. The number of phenols is 1. The van der Waals surface area contributed by atoms with Crippen LogP contribution in [0.15, 0.2) is 48.5 Å². The molecule has 23 heavy (non-hydrogen) atoms. The number of hydrogen-bond donors (Lipinski definition) is 1. The average Bonchev–Trinajstić information content (AvgIpc) is 2.57. The largest absolute Gasteiger partial charge is 0.508 e. The van der Waals surface area contributed by atoms with Crippen LogP contribution in [0.4, 0.5) is 0 Å². The summed E-state index contributed by atoms with van der Waals surface area (Å²) in [6, 6.07) is 14.7. The predicted molar refractivity (Wildman–Crippen MR) is 98.7 cm³/mol. The standard InChI is InChI=1S/C22H26O/c1-3-7-17-8-10-18(11-9-17)19-12-13-21(23)20(16-19)22(2)14-5-4-6-15-22/h3,7-13,16,23H,4-6,14-15H2,1-2H3/b7-3+. The van der Waals surface area contributed by atoms with Gasteiger partial charge in [0.25, 0.3) is 0 Å². The van der Waals surface area contributed by atoms with E-state index in [9.17, 15) is 5.11 Å². The van der Waals surface area contributed by atoms with Gasteiger partial charge in [-0.1, -0.05) is 68.7 Å². The Labute approximate surface area is 139 Å². The lowest BCUT2D eigenvalue weighted by Gasteiger charge is -2.34. The minimum absolute atomic E-state index is 0.114. The summed E-state index contributed by atoms with van der Waals surface area (Å²) in [7, 11) is 0. The monoisotopic (exact) mass is 306 g/mol. The zero-order chi connectivity index (χ0) is 16.3. The van der Waals surface area contributed by atoms with E-state index in [0.29, 0.717) is 5.75 Å². The van der Waals surface area contributed by atoms with Crippen LogP contribution in [0.2, 0.25) is 0 Å². The molecule has 1 nitrogen and oxygen atoms in total. The molecule has 3 rings (SSSR count). The summed E-state index contributed by atoms with van der Waals surface area (Å²) in [6.45, 7) is 4.34. The van der Waals surface area contributed by atoms with Crippen molar-refractivity contribution in [3.63, 3.8) is 0 Å². The third kappa shape index (κ3) is 3.34. The lowest BCUT2D eigenvalue weighted by atomic mass is 9.70. The van der Waals surface area contributed by atoms with Gasteiger partial charge >= 0.3 is 0 Å². The lowest BCUT2D eigenvalue weighted by molar-refractivity contribution is 0.308. The lowest BCUT2D eigenvalue weighted by Crippen LogP contribution is -2.25. The number of aromatic hydroxyl groups is 1. The average molecular weight is 306 g/mol. The van der Waals surface area contributed by atoms with Crippen molar-refractivity contribution in [2.24, 2.45) is 0 Å². The van der Waals surface area contributed by atoms with E-state index in [2.05, 4.69) is 49.4 Å². The molecule has 2 aromatic carbocycles. The highest BCUT2D eigenvalue weighted by Gasteiger charge is 2.31. The van der Waals surface area contributed by atoms with Crippen molar-refractivity contribution in [2.75, 3.05) is 0 Å². The van der Waals surface area contributed by atoms with Crippen molar-refractivity contribution in [1.82, 2.24) is 0 Å². The fraction of sp³-hybridized carbons (Fsp3) is 0.364. The van der Waals surface area contributed by atoms with Gasteiger partial charge in [-0.2, -0.15) is 0 Å². The summed E-state index contributed by atoms with van der Waals surface area (Å²) >= 11 is 0. The van der Waals surface area contributed by atoms with Gasteiger partial charge in [-0.3, -0.25) is 0 Å². The first-order chi connectivity index (χ1) is 11.1. The van der Waals surface area contributed by atoms with E-state index in [-0.39, 0.29) is 5.41 Å². The molecule has 120 valence electrons. The first-order valence-corrected chi connectivity index (χ1v) is 8.69. The van der Waals surface area contributed by atoms with E-state index >= 15 is 0 Å². The second-order valence-corrected chi connectivity index (χ2v) is 6.98. The van der Waals surface area contributed by atoms with Crippen LogP contribution in [-0.4, -0.2) is 5.11 Å². The first-order valence-electron chi connectivity index (χ1n) is 8.69. The van der Waals surface area contributed by atoms with Crippen molar-refractivity contribution >= 4 is 6.08 Å². The summed E-state index contributed by atoms with van der Waals surface area (Å²) in [5.74, 6) is 0.448. The molecule has 0 spiro atoms. The SMILES string of the molecule is C/C=C/c1ccc(-c2ccc(O)c(C3(C)CCCCC3)c2)cc1. The second kappa shape index (κ2) is 6.62. The molecule has 1 aliphatic carbocycles. The molecule has 0 aliphatic heterocycles. The van der Waals surface area contributed by atoms with Crippen LogP contribution in [0.3, 0.4) is 0 Å². The number of allylic oxidation sites excluding steroid dienone is 1. The predicted octanol–water partition coefficient (Wildman–Crippen LogP) is 6.31. The molecule has 0 atom stereocenters. The number of rotatable bonds is 3. The number of phenolic OH excluding ortho intramolecular Hbond substituents is 1. The van der Waals surface area contributed by atoms with E-state index in [1.165, 1.54) is 48.8 Å². The van der Waals surface area contributed by atoms with Gasteiger partial charge in [-0.15, -0.1) is 0 Å². The van der Waals surface area contributed by atoms with Gasteiger partial charge in [0.15, 0.2) is 0 Å². The van der Waals surface area contributed by atoms with Gasteiger partial charge < -0.3 is 5.11 Å². The van der Waals surface area contributed by atoms with E-state index in [1.807, 2.05) is 19.1 Å². The summed E-state index contributed by atoms with van der Waals surface area (Å²) < 4.78 is 0. The van der Waals surface area contributed by atoms with Crippen LogP contribution in [0.1, 0.15) is 57.1 Å². The summed E-state index contributed by atoms with van der Waals surface area (Å²) in [5.41, 5.74) is 4.85. The Balaban J connectivity index is 1.96. The van der Waals surface area contributed by atoms with Gasteiger partial charge in [0.2, 0.25) is 0 Å². The van der Waals surface area contributed by atoms with Crippen LogP contribution in [0.25, 0.3) is 17.2 Å². The molecule has 1 fully saturated rings. The minimum atomic E-state index is 0.114. The fourth-order valence-corrected chi connectivity index (χ4v) is 3.78. The summed E-state index contributed by atoms with van der Waals surface area (Å²) in [6.07, 6.45) is 10.3. The van der Waals surface area contributed by atoms with Crippen molar-refractivity contribution in [2.45, 2.75) is 51.4 Å². The van der Waals surface area contributed by atoms with Gasteiger partial charge in [-0.05, 0) is 54.0 Å². The van der Waals surface area contributed by atoms with Crippen LogP contribution >= 0.6 is 0 Å². The van der Waals surface area contributed by atoms with Gasteiger partial charge in [0.05, 0.1) is 0 Å². The molecule has 0 heterocycles. The molecule has 2 aromatic rings. The Hall–Kier alpha value is -2.02. The summed E-state index contributed by atoms with van der Waals surface area (Å²) in [5, 5.41) is 10.4. The van der Waals surface area contributed by atoms with Crippen LogP contribution in [-0.2, 0) is 5.41 Å². The quantitative estimate of drug-likeness (QED) is 0.704. The molecule has 1 N–H and O–H groups in total. The molecule has 0 radical (unpaired) electrons. The van der Waals surface area contributed by atoms with Crippen LogP contribution in [0.5, 0.6) is 5.75 Å². The van der Waals surface area contributed by atoms with Crippen LogP contribution in [0, 0.1) is 0 Å². The van der Waals surface area contributed by atoms with Crippen molar-refractivity contribution in [3.8, 4) is 16.9 Å². The molecule has 0 unspecified atom stereocenters. The van der Waals surface area contributed by atoms with E-state index in [4.69, 9.17) is 0 Å². The zero-order valence-electron chi connectivity index (χ0n) is 14.2. The summed E-state index contributed by atoms with van der Waals surface area (Å²) in [4.78, 5) is 0. The highest BCUT2D eigenvalue weighted by Crippen LogP contribution is 2.43. The fourth-order valence-electron chi connectivity index (χ4n) is 3.78. The van der Waals surface area contributed by atoms with Crippen molar-refractivity contribution in [1.29, 1.82) is 0 Å². The first kappa shape index (κ1) is 15.9. The third-order valence-corrected chi connectivity index (χ3v) is 5.21. The van der Waals surface area contributed by atoms with E-state index in [1.54, 1.807) is 0 Å². The maximum Gasteiger partial charge on any atom is 0.119 e. The molecular formula is C22H26O. The highest BCUT2D eigenvalue weighted by atomic mass is 16.3. The Bertz CT molecular complexity index is 688. The molecule has 0 aromatic heterocycles. The highest BCUT2D eigenvalue weighted by molar-refractivity contribution is 5.68. The molecule has 1 heteroatoms. The molecule has 0 saturated heterocycles. The molecule has 0 amide bonds. The topological polar surface area (TPSA) is 20.2 Å². The van der Waals surface area contributed by atoms with Gasteiger partial charge in [-0.25, -0.2) is 0 Å². The normalized spacial score (nSPS) is 17.5. The second-order valence-electron chi connectivity index (χ2n) is 6.98. The van der Waals surface area contributed by atoms with Crippen molar-refractivity contribution in [3.05, 3.63) is 59.7 Å². The third-order valence-electron chi connectivity index (χ3n) is 5.21. The van der Waals surface area contributed by atoms with Gasteiger partial charge in [0, 0.05) is 5.56 Å². The van der Waals surface area contributed by atoms with Crippen molar-refractivity contribution < 1.29 is 5.11 Å². The maximum atomic E-state index is 10.4. The Morgan fingerprint density at radius 1 is 0.913 bits per heavy atom.